The van der Waals surface area contributed by atoms with Crippen LogP contribution < -0.4 is 28.7 Å². The smallest absolute Gasteiger partial charge is 0.266 e. The molecule has 0 atom stereocenters. The van der Waals surface area contributed by atoms with Crippen LogP contribution in [0.25, 0.3) is 0 Å². The second-order valence-corrected chi connectivity index (χ2v) is 23.5. The van der Waals surface area contributed by atoms with E-state index >= 15 is 0 Å². The molecule has 0 N–H and O–H groups in total. The Bertz CT molecular complexity index is 4860. The average Bonchev–Trinajstić information content (AvgIpc) is 1.62. The third kappa shape index (κ3) is 13.1. The molecule has 12 nitrogen and oxygen atoms in total. The largest absolute Gasteiger partial charge is 0.457 e. The third-order valence-corrected chi connectivity index (χ3v) is 16.8. The van der Waals surface area contributed by atoms with Crippen molar-refractivity contribution in [2.24, 2.45) is 0 Å². The summed E-state index contributed by atoms with van der Waals surface area (Å²) in [5, 5.41) is 0. The highest BCUT2D eigenvalue weighted by molar-refractivity contribution is 6.35. The van der Waals surface area contributed by atoms with Crippen molar-refractivity contribution in [3.8, 4) is 69.7 Å². The quantitative estimate of drug-likeness (QED) is 0.0520. The number of rotatable bonds is 16. The molecule has 0 saturated heterocycles. The van der Waals surface area contributed by atoms with Gasteiger partial charge in [0, 0.05) is 49.9 Å². The Kier molecular flexibility index (Phi) is 16.6. The van der Waals surface area contributed by atoms with Gasteiger partial charge in [-0.15, -0.1) is 0 Å². The van der Waals surface area contributed by atoms with Crippen LogP contribution in [-0.4, -0.2) is 35.2 Å². The van der Waals surface area contributed by atoms with E-state index < -0.39 is 23.6 Å². The van der Waals surface area contributed by atoms with Crippen LogP contribution in [0.1, 0.15) is 121 Å². The fourth-order valence-electron chi connectivity index (χ4n) is 11.4. The van der Waals surface area contributed by atoms with E-state index in [1.54, 1.807) is 182 Å². The molecule has 2 aliphatic rings. The molecule has 0 aliphatic carbocycles. The first kappa shape index (κ1) is 61.1. The molecule has 12 aromatic carbocycles. The molecule has 4 amide bonds. The van der Waals surface area contributed by atoms with Crippen LogP contribution in [0.4, 0.5) is 11.4 Å². The molecule has 0 saturated carbocycles. The van der Waals surface area contributed by atoms with Gasteiger partial charge in [-0.2, -0.15) is 0 Å². The number of amides is 4. The lowest BCUT2D eigenvalue weighted by Crippen LogP contribution is -2.29. The van der Waals surface area contributed by atoms with E-state index in [1.165, 1.54) is 0 Å². The highest BCUT2D eigenvalue weighted by atomic mass is 16.5. The molecular weight excluding hydrogens is 1210 g/mol. The fourth-order valence-corrected chi connectivity index (χ4v) is 11.4. The first-order chi connectivity index (χ1) is 47.2. The van der Waals surface area contributed by atoms with E-state index in [1.807, 2.05) is 109 Å². The topological polar surface area (TPSA) is 146 Å². The number of nitrogens with zero attached hydrogens (tertiary/aromatic N) is 2. The van der Waals surface area contributed by atoms with Crippen LogP contribution in [0.2, 0.25) is 0 Å². The lowest BCUT2D eigenvalue weighted by molar-refractivity contribution is 0.0910. The van der Waals surface area contributed by atoms with E-state index in [4.69, 9.17) is 18.9 Å². The summed E-state index contributed by atoms with van der Waals surface area (Å²) in [5.41, 5.74) is 8.71. The number of ketones is 2. The summed E-state index contributed by atoms with van der Waals surface area (Å²) in [6.07, 6.45) is 0. The number of hydrogen-bond acceptors (Lipinski definition) is 10. The van der Waals surface area contributed by atoms with Gasteiger partial charge in [-0.3, -0.25) is 28.8 Å². The first-order valence-corrected chi connectivity index (χ1v) is 31.1. The number of ether oxygens (including phenoxy) is 4. The number of carbonyl (C=O) groups excluding carboxylic acids is 6. The van der Waals surface area contributed by atoms with Crippen LogP contribution in [0, 0.1) is 23.7 Å². The van der Waals surface area contributed by atoms with Crippen molar-refractivity contribution in [2.75, 3.05) is 9.80 Å². The van der Waals surface area contributed by atoms with Crippen LogP contribution >= 0.6 is 0 Å². The van der Waals surface area contributed by atoms with Gasteiger partial charge in [0.15, 0.2) is 11.6 Å². The number of benzene rings is 12. The maximum absolute atomic E-state index is 13.6. The number of fused-ring (bicyclic) bond motifs is 2. The second kappa shape index (κ2) is 26.3. The summed E-state index contributed by atoms with van der Waals surface area (Å²) in [7, 11) is 0. The summed E-state index contributed by atoms with van der Waals surface area (Å²) in [5.74, 6) is 14.7. The van der Waals surface area contributed by atoms with Crippen LogP contribution in [0.5, 0.6) is 46.0 Å². The second-order valence-electron chi connectivity index (χ2n) is 23.5. The zero-order valence-corrected chi connectivity index (χ0v) is 52.2. The number of anilines is 2. The number of hydrogen-bond donors (Lipinski definition) is 0. The zero-order valence-electron chi connectivity index (χ0n) is 52.2. The van der Waals surface area contributed by atoms with Crippen molar-refractivity contribution in [3.05, 3.63) is 369 Å². The summed E-state index contributed by atoms with van der Waals surface area (Å²) >= 11 is 0. The van der Waals surface area contributed by atoms with Crippen LogP contribution in [-0.2, 0) is 5.41 Å². The monoisotopic (exact) mass is 1260 g/mol. The predicted molar refractivity (Wildman–Crippen MR) is 371 cm³/mol. The normalized spacial score (nSPS) is 12.2. The maximum Gasteiger partial charge on any atom is 0.266 e. The molecule has 0 radical (unpaired) electrons. The summed E-state index contributed by atoms with van der Waals surface area (Å²) in [6.45, 7) is 4.30. The molecule has 12 heteroatoms. The highest BCUT2D eigenvalue weighted by Crippen LogP contribution is 2.37. The summed E-state index contributed by atoms with van der Waals surface area (Å²) in [4.78, 5) is 83.1. The van der Waals surface area contributed by atoms with Gasteiger partial charge in [-0.1, -0.05) is 98.2 Å². The number of carbonyl (C=O) groups is 6. The molecule has 0 unspecified atom stereocenters. The maximum atomic E-state index is 13.6. The molecular formula is C85H54N2O10. The average molecular weight is 1260 g/mol. The zero-order chi connectivity index (χ0) is 66.6. The van der Waals surface area contributed by atoms with Gasteiger partial charge < -0.3 is 18.9 Å². The van der Waals surface area contributed by atoms with Gasteiger partial charge in [0.25, 0.3) is 23.6 Å². The van der Waals surface area contributed by atoms with Gasteiger partial charge >= 0.3 is 0 Å². The minimum absolute atomic E-state index is 0.169. The Morgan fingerprint density at radius 3 is 0.814 bits per heavy atom. The fraction of sp³-hybridized carbons (Fsp3) is 0.0353. The third-order valence-electron chi connectivity index (χ3n) is 16.8. The van der Waals surface area contributed by atoms with E-state index in [0.717, 1.165) is 32.1 Å². The van der Waals surface area contributed by atoms with Gasteiger partial charge in [0.05, 0.1) is 33.6 Å². The van der Waals surface area contributed by atoms with Gasteiger partial charge in [-0.25, -0.2) is 9.80 Å². The number of imide groups is 2. The Labute approximate surface area is 559 Å². The Hall–Kier alpha value is -13.4. The van der Waals surface area contributed by atoms with Crippen molar-refractivity contribution in [1.82, 2.24) is 0 Å². The molecule has 464 valence electrons. The molecule has 2 heterocycles. The Balaban J connectivity index is 0.528. The molecule has 0 spiro atoms. The van der Waals surface area contributed by atoms with Crippen molar-refractivity contribution in [3.63, 3.8) is 0 Å². The van der Waals surface area contributed by atoms with Crippen LogP contribution in [0.15, 0.2) is 291 Å². The lowest BCUT2D eigenvalue weighted by atomic mass is 9.78. The van der Waals surface area contributed by atoms with E-state index in [9.17, 15) is 28.8 Å². The standard InChI is InChI=1S/C85H54N2O10/c1-85(2,63-27-43-71(44-28-63)94-67-35-19-59(20-36-67)79(88)61-23-39-69(40-24-61)96-73-47-31-65(32-48-73)86-81(90)75-51-17-57(53-77(75)83(86)92)15-13-55-9-5-3-6-10-55)64-29-45-72(46-30-64)95-68-37-21-60(22-38-68)80(89)62-25-41-70(42-26-62)97-74-49-33-66(34-50-74)87-82(91)76-52-18-58(54-78(76)84(87)93)16-14-56-11-7-4-8-12-56/h3-12,17-54H,1-2H3. The van der Waals surface area contributed by atoms with Gasteiger partial charge in [-0.05, 0) is 242 Å². The molecule has 2 aliphatic heterocycles. The van der Waals surface area contributed by atoms with Crippen molar-refractivity contribution < 1.29 is 47.7 Å². The first-order valence-electron chi connectivity index (χ1n) is 31.1. The molecule has 97 heavy (non-hydrogen) atoms. The molecule has 14 rings (SSSR count). The van der Waals surface area contributed by atoms with E-state index in [2.05, 4.69) is 37.5 Å². The minimum Gasteiger partial charge on any atom is -0.457 e. The molecule has 0 aromatic heterocycles. The van der Waals surface area contributed by atoms with E-state index in [0.29, 0.717) is 113 Å². The van der Waals surface area contributed by atoms with Crippen LogP contribution in [0.3, 0.4) is 0 Å². The van der Waals surface area contributed by atoms with E-state index in [-0.39, 0.29) is 17.0 Å². The van der Waals surface area contributed by atoms with Crippen molar-refractivity contribution >= 4 is 46.6 Å². The molecule has 12 aromatic rings. The van der Waals surface area contributed by atoms with Gasteiger partial charge in [0.1, 0.15) is 46.0 Å². The predicted octanol–water partition coefficient (Wildman–Crippen LogP) is 18.0. The summed E-state index contributed by atoms with van der Waals surface area (Å²) < 4.78 is 24.5. The van der Waals surface area contributed by atoms with Crippen molar-refractivity contribution in [2.45, 2.75) is 19.3 Å². The Morgan fingerprint density at radius 2 is 0.526 bits per heavy atom. The lowest BCUT2D eigenvalue weighted by Gasteiger charge is -2.26. The van der Waals surface area contributed by atoms with Crippen molar-refractivity contribution in [1.29, 1.82) is 0 Å². The SMILES string of the molecule is CC(C)(c1ccc(Oc2ccc(C(=O)c3ccc(Oc4ccc(N5C(=O)c6ccc(C#Cc7ccccc7)cc6C5=O)cc4)cc3)cc2)cc1)c1ccc(Oc2ccc(C(=O)c3ccc(Oc4ccc(N5C(=O)c6ccc(C#Cc7ccccc7)cc6C5=O)cc4)cc3)cc2)cc1. The summed E-state index contributed by atoms with van der Waals surface area (Å²) in [6, 6.07) is 85.9. The minimum atomic E-state index is -0.424. The Morgan fingerprint density at radius 1 is 0.278 bits per heavy atom. The molecule has 0 fully saturated rings. The van der Waals surface area contributed by atoms with Gasteiger partial charge in [0.2, 0.25) is 0 Å². The molecule has 0 bridgehead atoms. The highest BCUT2D eigenvalue weighted by Gasteiger charge is 2.38.